The molecule has 4 rings (SSSR count). The first kappa shape index (κ1) is 21.0. The zero-order valence-corrected chi connectivity index (χ0v) is 18.6. The van der Waals surface area contributed by atoms with Crippen molar-refractivity contribution in [3.8, 4) is 5.69 Å². The maximum absolute atomic E-state index is 13.7. The predicted octanol–water partition coefficient (Wildman–Crippen LogP) is 4.73. The summed E-state index contributed by atoms with van der Waals surface area (Å²) < 4.78 is 17.9. The molecule has 0 atom stereocenters. The number of rotatable bonds is 5. The molecule has 0 fully saturated rings. The van der Waals surface area contributed by atoms with Crippen LogP contribution >= 0.6 is 15.9 Å². The lowest BCUT2D eigenvalue weighted by molar-refractivity contribution is -0.116. The summed E-state index contributed by atoms with van der Waals surface area (Å²) in [5.74, 6) is -0.555. The fraction of sp³-hybridized carbons (Fsp3) is 0.174. The summed E-state index contributed by atoms with van der Waals surface area (Å²) in [5, 5.41) is 3.28. The quantitative estimate of drug-likeness (QED) is 0.446. The second-order valence-electron chi connectivity index (χ2n) is 7.27. The van der Waals surface area contributed by atoms with Gasteiger partial charge in [-0.05, 0) is 61.9 Å². The number of aromatic nitrogens is 3. The fourth-order valence-electron chi connectivity index (χ4n) is 3.55. The van der Waals surface area contributed by atoms with E-state index in [2.05, 4.69) is 26.2 Å². The number of anilines is 1. The van der Waals surface area contributed by atoms with Gasteiger partial charge in [0.1, 0.15) is 5.82 Å². The molecule has 0 aliphatic carbocycles. The van der Waals surface area contributed by atoms with E-state index in [9.17, 15) is 14.0 Å². The fourth-order valence-corrected chi connectivity index (χ4v) is 3.82. The van der Waals surface area contributed by atoms with E-state index >= 15 is 0 Å². The van der Waals surface area contributed by atoms with Crippen molar-refractivity contribution in [3.05, 3.63) is 86.8 Å². The summed E-state index contributed by atoms with van der Waals surface area (Å²) in [7, 11) is 0. The summed E-state index contributed by atoms with van der Waals surface area (Å²) >= 11 is 3.35. The molecule has 0 radical (unpaired) electrons. The molecule has 2 heterocycles. The Morgan fingerprint density at radius 2 is 1.90 bits per heavy atom. The molecule has 0 spiro atoms. The summed E-state index contributed by atoms with van der Waals surface area (Å²) in [6.07, 6.45) is 1.57. The van der Waals surface area contributed by atoms with Gasteiger partial charge in [0.2, 0.25) is 5.91 Å². The number of fused-ring (bicyclic) bond motifs is 1. The number of hydrogen-bond donors (Lipinski definition) is 1. The lowest BCUT2D eigenvalue weighted by Gasteiger charge is -2.09. The summed E-state index contributed by atoms with van der Waals surface area (Å²) in [5.41, 5.74) is 3.14. The van der Waals surface area contributed by atoms with Gasteiger partial charge in [-0.25, -0.2) is 9.37 Å². The highest BCUT2D eigenvalue weighted by molar-refractivity contribution is 9.10. The SMILES string of the molecule is Cc1c(C)n(-c2cccc(F)c2)c2ncn(CCC(=O)Nc3ccc(Br)cc3)c(=O)c12. The van der Waals surface area contributed by atoms with Crippen LogP contribution in [0.2, 0.25) is 0 Å². The molecular weight excluding hydrogens is 463 g/mol. The van der Waals surface area contributed by atoms with Crippen LogP contribution in [0.4, 0.5) is 10.1 Å². The number of aryl methyl sites for hydroxylation is 2. The van der Waals surface area contributed by atoms with Crippen molar-refractivity contribution in [1.29, 1.82) is 0 Å². The largest absolute Gasteiger partial charge is 0.326 e. The number of halogens is 2. The second kappa shape index (κ2) is 8.47. The average molecular weight is 483 g/mol. The van der Waals surface area contributed by atoms with Crippen molar-refractivity contribution < 1.29 is 9.18 Å². The van der Waals surface area contributed by atoms with Crippen molar-refractivity contribution >= 4 is 38.6 Å². The Morgan fingerprint density at radius 3 is 2.61 bits per heavy atom. The highest BCUT2D eigenvalue weighted by Crippen LogP contribution is 2.25. The van der Waals surface area contributed by atoms with Gasteiger partial charge >= 0.3 is 0 Å². The second-order valence-corrected chi connectivity index (χ2v) is 8.19. The molecule has 2 aromatic carbocycles. The van der Waals surface area contributed by atoms with Crippen LogP contribution in [0.15, 0.2) is 64.1 Å². The van der Waals surface area contributed by atoms with Gasteiger partial charge in [-0.2, -0.15) is 0 Å². The van der Waals surface area contributed by atoms with Gasteiger partial charge < -0.3 is 5.32 Å². The Morgan fingerprint density at radius 1 is 1.16 bits per heavy atom. The maximum atomic E-state index is 13.7. The summed E-state index contributed by atoms with van der Waals surface area (Å²) in [6, 6.07) is 13.4. The molecule has 0 saturated heterocycles. The number of hydrogen-bond acceptors (Lipinski definition) is 3. The molecule has 1 N–H and O–H groups in total. The Labute approximate surface area is 186 Å². The maximum Gasteiger partial charge on any atom is 0.263 e. The van der Waals surface area contributed by atoms with Gasteiger partial charge in [0, 0.05) is 28.8 Å². The van der Waals surface area contributed by atoms with Gasteiger partial charge in [-0.15, -0.1) is 0 Å². The van der Waals surface area contributed by atoms with E-state index in [1.54, 1.807) is 28.8 Å². The molecule has 1 amide bonds. The van der Waals surface area contributed by atoms with Crippen molar-refractivity contribution in [2.75, 3.05) is 5.32 Å². The molecule has 0 saturated carbocycles. The Bertz CT molecular complexity index is 1340. The number of carbonyl (C=O) groups is 1. The zero-order valence-electron chi connectivity index (χ0n) is 17.0. The molecule has 4 aromatic rings. The van der Waals surface area contributed by atoms with Gasteiger partial charge in [0.15, 0.2) is 5.65 Å². The number of nitrogens with one attached hydrogen (secondary N) is 1. The van der Waals surface area contributed by atoms with E-state index in [-0.39, 0.29) is 30.2 Å². The molecule has 6 nitrogen and oxygen atoms in total. The van der Waals surface area contributed by atoms with E-state index in [1.807, 2.05) is 26.0 Å². The third-order valence-electron chi connectivity index (χ3n) is 5.26. The number of benzene rings is 2. The first-order valence-corrected chi connectivity index (χ1v) is 10.5. The molecular formula is C23H20BrFN4O2. The van der Waals surface area contributed by atoms with E-state index in [0.717, 1.165) is 15.7 Å². The van der Waals surface area contributed by atoms with Gasteiger partial charge in [0.05, 0.1) is 17.4 Å². The molecule has 158 valence electrons. The third kappa shape index (κ3) is 4.16. The molecule has 31 heavy (non-hydrogen) atoms. The Hall–Kier alpha value is -3.26. The van der Waals surface area contributed by atoms with Gasteiger partial charge in [0.25, 0.3) is 5.56 Å². The smallest absolute Gasteiger partial charge is 0.263 e. The first-order valence-electron chi connectivity index (χ1n) is 9.73. The number of amides is 1. The van der Waals surface area contributed by atoms with Crippen LogP contribution in [0.25, 0.3) is 16.7 Å². The zero-order chi connectivity index (χ0) is 22.1. The molecule has 2 aromatic heterocycles. The van der Waals surface area contributed by atoms with Crippen LogP contribution in [-0.2, 0) is 11.3 Å². The molecule has 0 aliphatic rings. The van der Waals surface area contributed by atoms with Crippen LogP contribution in [-0.4, -0.2) is 20.0 Å². The lowest BCUT2D eigenvalue weighted by Crippen LogP contribution is -2.24. The molecule has 8 heteroatoms. The molecule has 0 unspecified atom stereocenters. The highest BCUT2D eigenvalue weighted by Gasteiger charge is 2.18. The normalized spacial score (nSPS) is 11.1. The van der Waals surface area contributed by atoms with Crippen molar-refractivity contribution in [3.63, 3.8) is 0 Å². The van der Waals surface area contributed by atoms with E-state index in [0.29, 0.717) is 22.4 Å². The number of carbonyl (C=O) groups excluding carboxylic acids is 1. The standard InChI is InChI=1S/C23H20BrFN4O2/c1-14-15(2)29(19-5-3-4-17(25)12-19)22-21(14)23(31)28(13-26-22)11-10-20(30)27-18-8-6-16(24)7-9-18/h3-9,12-13H,10-11H2,1-2H3,(H,27,30). The average Bonchev–Trinajstić information content (AvgIpc) is 3.00. The first-order chi connectivity index (χ1) is 14.8. The summed E-state index contributed by atoms with van der Waals surface area (Å²) in [6.45, 7) is 3.92. The Kier molecular flexibility index (Phi) is 5.73. The monoisotopic (exact) mass is 482 g/mol. The predicted molar refractivity (Wildman–Crippen MR) is 122 cm³/mol. The van der Waals surface area contributed by atoms with E-state index < -0.39 is 0 Å². The van der Waals surface area contributed by atoms with E-state index in [1.165, 1.54) is 23.0 Å². The van der Waals surface area contributed by atoms with Gasteiger partial charge in [-0.1, -0.05) is 22.0 Å². The van der Waals surface area contributed by atoms with Gasteiger partial charge in [-0.3, -0.25) is 18.7 Å². The van der Waals surface area contributed by atoms with Crippen LogP contribution in [0.3, 0.4) is 0 Å². The molecule has 0 bridgehead atoms. The van der Waals surface area contributed by atoms with E-state index in [4.69, 9.17) is 0 Å². The van der Waals surface area contributed by atoms with Crippen LogP contribution < -0.4 is 10.9 Å². The molecule has 0 aliphatic heterocycles. The van der Waals surface area contributed by atoms with Crippen molar-refractivity contribution in [2.45, 2.75) is 26.8 Å². The van der Waals surface area contributed by atoms with Crippen molar-refractivity contribution in [1.82, 2.24) is 14.1 Å². The lowest BCUT2D eigenvalue weighted by atomic mass is 10.2. The van der Waals surface area contributed by atoms with Crippen LogP contribution in [0.1, 0.15) is 17.7 Å². The number of nitrogens with zero attached hydrogens (tertiary/aromatic N) is 3. The van der Waals surface area contributed by atoms with Crippen LogP contribution in [0.5, 0.6) is 0 Å². The van der Waals surface area contributed by atoms with Crippen LogP contribution in [0, 0.1) is 19.7 Å². The highest BCUT2D eigenvalue weighted by atomic mass is 79.9. The minimum absolute atomic E-state index is 0.131. The third-order valence-corrected chi connectivity index (χ3v) is 5.79. The topological polar surface area (TPSA) is 68.9 Å². The minimum Gasteiger partial charge on any atom is -0.326 e. The van der Waals surface area contributed by atoms with Crippen molar-refractivity contribution in [2.24, 2.45) is 0 Å². The Balaban J connectivity index is 1.61. The summed E-state index contributed by atoms with van der Waals surface area (Å²) in [4.78, 5) is 29.9. The minimum atomic E-state index is -0.360.